The molecule has 2 aromatic carbocycles. The maximum Gasteiger partial charge on any atom is 0.251 e. The fourth-order valence-corrected chi connectivity index (χ4v) is 3.22. The van der Waals surface area contributed by atoms with Crippen LogP contribution in [-0.2, 0) is 0 Å². The van der Waals surface area contributed by atoms with Crippen molar-refractivity contribution in [2.24, 2.45) is 0 Å². The van der Waals surface area contributed by atoms with Crippen molar-refractivity contribution in [3.63, 3.8) is 0 Å². The molecule has 0 saturated carbocycles. The van der Waals surface area contributed by atoms with Crippen LogP contribution in [0.3, 0.4) is 0 Å². The van der Waals surface area contributed by atoms with Gasteiger partial charge in [-0.2, -0.15) is 11.3 Å². The molecule has 0 spiro atoms. The van der Waals surface area contributed by atoms with Crippen LogP contribution in [0.1, 0.15) is 20.7 Å². The molecule has 3 aromatic rings. The number of benzene rings is 2. The fraction of sp³-hybridized carbons (Fsp3) is 0.100. The maximum absolute atomic E-state index is 12.3. The largest absolute Gasteiger partial charge is 0.350 e. The van der Waals surface area contributed by atoms with Crippen LogP contribution >= 0.6 is 22.9 Å². The van der Waals surface area contributed by atoms with Gasteiger partial charge >= 0.3 is 0 Å². The average Bonchev–Trinajstić information content (AvgIpc) is 3.20. The van der Waals surface area contributed by atoms with Gasteiger partial charge in [-0.05, 0) is 64.4 Å². The first kappa shape index (κ1) is 18.2. The third-order valence-corrected chi connectivity index (χ3v) is 4.72. The standard InChI is InChI=1S/C20H17ClN2O2S/c21-18-6-4-14(5-7-18)19(24)22-9-10-23-20(25)16-3-1-2-15(12-16)17-8-11-26-13-17/h1-8,11-13H,9-10H2,(H,22,24)(H,23,25). The summed E-state index contributed by atoms with van der Waals surface area (Å²) in [5, 5.41) is 10.2. The Labute approximate surface area is 160 Å². The summed E-state index contributed by atoms with van der Waals surface area (Å²) in [5.74, 6) is -0.363. The van der Waals surface area contributed by atoms with Crippen molar-refractivity contribution in [2.75, 3.05) is 13.1 Å². The first-order chi connectivity index (χ1) is 12.6. The SMILES string of the molecule is O=C(NCCNC(=O)c1cccc(-c2ccsc2)c1)c1ccc(Cl)cc1. The Morgan fingerprint density at radius 2 is 1.54 bits per heavy atom. The highest BCUT2D eigenvalue weighted by Crippen LogP contribution is 2.22. The quantitative estimate of drug-likeness (QED) is 0.625. The molecular formula is C20H17ClN2O2S. The summed E-state index contributed by atoms with van der Waals surface area (Å²) in [6.45, 7) is 0.693. The summed E-state index contributed by atoms with van der Waals surface area (Å²) in [5.41, 5.74) is 3.23. The molecule has 0 aliphatic carbocycles. The lowest BCUT2D eigenvalue weighted by molar-refractivity contribution is 0.0927. The number of hydrogen-bond donors (Lipinski definition) is 2. The minimum absolute atomic E-state index is 0.164. The molecule has 0 fully saturated rings. The van der Waals surface area contributed by atoms with Gasteiger partial charge < -0.3 is 10.6 Å². The maximum atomic E-state index is 12.3. The Bertz CT molecular complexity index is 892. The van der Waals surface area contributed by atoms with E-state index in [1.807, 2.05) is 35.0 Å². The molecule has 2 N–H and O–H groups in total. The lowest BCUT2D eigenvalue weighted by Gasteiger charge is -2.08. The Hall–Kier alpha value is -2.63. The minimum Gasteiger partial charge on any atom is -0.350 e. The van der Waals surface area contributed by atoms with Crippen LogP contribution in [0.4, 0.5) is 0 Å². The first-order valence-corrected chi connectivity index (χ1v) is 9.40. The van der Waals surface area contributed by atoms with Gasteiger partial charge in [0.05, 0.1) is 0 Å². The minimum atomic E-state index is -0.199. The molecule has 0 bridgehead atoms. The third-order valence-electron chi connectivity index (χ3n) is 3.78. The van der Waals surface area contributed by atoms with Gasteiger partial charge in [0.25, 0.3) is 11.8 Å². The van der Waals surface area contributed by atoms with Gasteiger partial charge in [-0.25, -0.2) is 0 Å². The monoisotopic (exact) mass is 384 g/mol. The van der Waals surface area contributed by atoms with Crippen LogP contribution in [0.15, 0.2) is 65.4 Å². The van der Waals surface area contributed by atoms with Gasteiger partial charge in [0.2, 0.25) is 0 Å². The number of carbonyl (C=O) groups is 2. The summed E-state index contributed by atoms with van der Waals surface area (Å²) in [6.07, 6.45) is 0. The topological polar surface area (TPSA) is 58.2 Å². The number of nitrogens with one attached hydrogen (secondary N) is 2. The molecule has 0 radical (unpaired) electrons. The number of amides is 2. The number of carbonyl (C=O) groups excluding carboxylic acids is 2. The molecule has 0 unspecified atom stereocenters. The highest BCUT2D eigenvalue weighted by molar-refractivity contribution is 7.08. The molecular weight excluding hydrogens is 368 g/mol. The molecule has 0 saturated heterocycles. The smallest absolute Gasteiger partial charge is 0.251 e. The number of hydrogen-bond acceptors (Lipinski definition) is 3. The summed E-state index contributed by atoms with van der Waals surface area (Å²) < 4.78 is 0. The van der Waals surface area contributed by atoms with E-state index in [2.05, 4.69) is 10.6 Å². The summed E-state index contributed by atoms with van der Waals surface area (Å²) in [4.78, 5) is 24.3. The Kier molecular flexibility index (Phi) is 6.04. The lowest BCUT2D eigenvalue weighted by Crippen LogP contribution is -2.34. The van der Waals surface area contributed by atoms with Crippen LogP contribution in [0.2, 0.25) is 5.02 Å². The highest BCUT2D eigenvalue weighted by Gasteiger charge is 2.08. The number of halogens is 1. The van der Waals surface area contributed by atoms with Crippen LogP contribution in [-0.4, -0.2) is 24.9 Å². The second-order valence-electron chi connectivity index (χ2n) is 5.61. The van der Waals surface area contributed by atoms with Crippen molar-refractivity contribution in [3.05, 3.63) is 81.5 Å². The molecule has 26 heavy (non-hydrogen) atoms. The Morgan fingerprint density at radius 3 is 2.19 bits per heavy atom. The molecule has 6 heteroatoms. The second kappa shape index (κ2) is 8.65. The lowest BCUT2D eigenvalue weighted by atomic mass is 10.1. The molecule has 0 aliphatic heterocycles. The zero-order valence-electron chi connectivity index (χ0n) is 13.9. The second-order valence-corrected chi connectivity index (χ2v) is 6.83. The van der Waals surface area contributed by atoms with E-state index < -0.39 is 0 Å². The van der Waals surface area contributed by atoms with Gasteiger partial charge in [0, 0.05) is 29.2 Å². The average molecular weight is 385 g/mol. The Balaban J connectivity index is 1.49. The first-order valence-electron chi connectivity index (χ1n) is 8.08. The molecule has 0 atom stereocenters. The van der Waals surface area contributed by atoms with Gasteiger partial charge in [-0.1, -0.05) is 23.7 Å². The highest BCUT2D eigenvalue weighted by atomic mass is 35.5. The van der Waals surface area contributed by atoms with E-state index in [-0.39, 0.29) is 11.8 Å². The van der Waals surface area contributed by atoms with Crippen LogP contribution in [0, 0.1) is 0 Å². The van der Waals surface area contributed by atoms with E-state index >= 15 is 0 Å². The molecule has 132 valence electrons. The van der Waals surface area contributed by atoms with Crippen molar-refractivity contribution in [2.45, 2.75) is 0 Å². The molecule has 2 amide bonds. The summed E-state index contributed by atoms with van der Waals surface area (Å²) >= 11 is 7.42. The van der Waals surface area contributed by atoms with Crippen molar-refractivity contribution < 1.29 is 9.59 Å². The molecule has 0 aliphatic rings. The van der Waals surface area contributed by atoms with Gasteiger partial charge in [0.15, 0.2) is 0 Å². The molecule has 3 rings (SSSR count). The zero-order valence-corrected chi connectivity index (χ0v) is 15.4. The predicted octanol–water partition coefficient (Wildman–Crippen LogP) is 4.23. The van der Waals surface area contributed by atoms with Crippen molar-refractivity contribution in [3.8, 4) is 11.1 Å². The van der Waals surface area contributed by atoms with Crippen LogP contribution < -0.4 is 10.6 Å². The van der Waals surface area contributed by atoms with E-state index in [1.165, 1.54) is 0 Å². The number of rotatable bonds is 6. The van der Waals surface area contributed by atoms with Crippen molar-refractivity contribution in [1.82, 2.24) is 10.6 Å². The molecule has 1 heterocycles. The third kappa shape index (κ3) is 4.71. The number of thiophene rings is 1. The van der Waals surface area contributed by atoms with E-state index in [0.717, 1.165) is 11.1 Å². The van der Waals surface area contributed by atoms with E-state index in [4.69, 9.17) is 11.6 Å². The van der Waals surface area contributed by atoms with Crippen LogP contribution in [0.5, 0.6) is 0 Å². The van der Waals surface area contributed by atoms with E-state index in [1.54, 1.807) is 41.7 Å². The molecule has 1 aromatic heterocycles. The normalized spacial score (nSPS) is 10.3. The summed E-state index contributed by atoms with van der Waals surface area (Å²) in [6, 6.07) is 16.2. The van der Waals surface area contributed by atoms with E-state index in [9.17, 15) is 9.59 Å². The summed E-state index contributed by atoms with van der Waals surface area (Å²) in [7, 11) is 0. The van der Waals surface area contributed by atoms with Crippen molar-refractivity contribution in [1.29, 1.82) is 0 Å². The van der Waals surface area contributed by atoms with Gasteiger partial charge in [-0.3, -0.25) is 9.59 Å². The van der Waals surface area contributed by atoms with Gasteiger partial charge in [0.1, 0.15) is 0 Å². The molecule has 4 nitrogen and oxygen atoms in total. The van der Waals surface area contributed by atoms with Crippen molar-refractivity contribution >= 4 is 34.8 Å². The van der Waals surface area contributed by atoms with E-state index in [0.29, 0.717) is 29.2 Å². The Morgan fingerprint density at radius 1 is 0.846 bits per heavy atom. The predicted molar refractivity (Wildman–Crippen MR) is 106 cm³/mol. The van der Waals surface area contributed by atoms with Gasteiger partial charge in [-0.15, -0.1) is 0 Å². The zero-order chi connectivity index (χ0) is 18.4. The van der Waals surface area contributed by atoms with Crippen LogP contribution in [0.25, 0.3) is 11.1 Å². The fourth-order valence-electron chi connectivity index (χ4n) is 2.43.